The van der Waals surface area contributed by atoms with Gasteiger partial charge in [-0.2, -0.15) is 0 Å². The summed E-state index contributed by atoms with van der Waals surface area (Å²) in [5.74, 6) is -0.659. The number of aromatic nitrogens is 1. The largest absolute Gasteiger partial charge is 0.573 e. The molecule has 0 amide bonds. The van der Waals surface area contributed by atoms with Gasteiger partial charge in [0.25, 0.3) is 5.24 Å². The van der Waals surface area contributed by atoms with E-state index in [9.17, 15) is 18.0 Å². The number of carbonyl (C=O) groups is 1. The fourth-order valence-electron chi connectivity index (χ4n) is 0.909. The van der Waals surface area contributed by atoms with Crippen molar-refractivity contribution in [3.05, 3.63) is 21.0 Å². The van der Waals surface area contributed by atoms with Gasteiger partial charge in [-0.05, 0) is 46.7 Å². The minimum Gasteiger partial charge on any atom is -0.402 e. The van der Waals surface area contributed by atoms with Crippen LogP contribution in [0.1, 0.15) is 16.1 Å². The molecule has 0 unspecified atom stereocenters. The predicted molar refractivity (Wildman–Crippen MR) is 58.6 cm³/mol. The molecule has 0 radical (unpaired) electrons. The van der Waals surface area contributed by atoms with E-state index in [1.807, 2.05) is 0 Å². The second-order valence-electron chi connectivity index (χ2n) is 2.75. The van der Waals surface area contributed by atoms with Crippen LogP contribution in [0.5, 0.6) is 5.75 Å². The van der Waals surface area contributed by atoms with Crippen molar-refractivity contribution in [1.82, 2.24) is 4.98 Å². The molecule has 0 aliphatic carbocycles. The molecule has 0 fully saturated rings. The first kappa shape index (κ1) is 13.5. The Morgan fingerprint density at radius 2 is 2.12 bits per heavy atom. The Balaban J connectivity index is 3.32. The maximum Gasteiger partial charge on any atom is 0.573 e. The van der Waals surface area contributed by atoms with Gasteiger partial charge in [0.2, 0.25) is 0 Å². The zero-order valence-electron chi connectivity index (χ0n) is 7.73. The molecule has 8 heteroatoms. The predicted octanol–water partition coefficient (Wildman–Crippen LogP) is 3.27. The number of carbonyl (C=O) groups excluding carboxylic acids is 1. The highest BCUT2D eigenvalue weighted by molar-refractivity contribution is 14.1. The van der Waals surface area contributed by atoms with E-state index in [0.717, 1.165) is 0 Å². The summed E-state index contributed by atoms with van der Waals surface area (Å²) in [4.78, 5) is 14.4. The SMILES string of the molecule is Cc1cnc(C(=O)Cl)c(OC(F)(F)F)c1I. The van der Waals surface area contributed by atoms with E-state index in [0.29, 0.717) is 5.56 Å². The molecule has 0 saturated heterocycles. The number of halogens is 5. The molecule has 16 heavy (non-hydrogen) atoms. The Hall–Kier alpha value is -0.570. The molecule has 1 heterocycles. The van der Waals surface area contributed by atoms with Gasteiger partial charge >= 0.3 is 6.36 Å². The van der Waals surface area contributed by atoms with Crippen molar-refractivity contribution in [2.75, 3.05) is 0 Å². The molecule has 0 aliphatic heterocycles. The molecule has 0 aromatic carbocycles. The Bertz CT molecular complexity index is 436. The first-order chi connectivity index (χ1) is 7.22. The first-order valence-corrected chi connectivity index (χ1v) is 5.28. The Morgan fingerprint density at radius 1 is 1.56 bits per heavy atom. The number of rotatable bonds is 2. The number of hydrogen-bond donors (Lipinski definition) is 0. The summed E-state index contributed by atoms with van der Waals surface area (Å²) >= 11 is 6.74. The quantitative estimate of drug-likeness (QED) is 0.596. The molecule has 0 N–H and O–H groups in total. The maximum absolute atomic E-state index is 12.1. The number of ether oxygens (including phenoxy) is 1. The number of alkyl halides is 3. The molecule has 0 spiro atoms. The molecular weight excluding hydrogens is 361 g/mol. The fraction of sp³-hybridized carbons (Fsp3) is 0.250. The standard InChI is InChI=1S/C8H4ClF3INO2/c1-3-2-14-5(7(9)15)6(4(3)13)16-8(10,11)12/h2H,1H3. The summed E-state index contributed by atoms with van der Waals surface area (Å²) in [6.45, 7) is 1.54. The van der Waals surface area contributed by atoms with Crippen LogP contribution in [-0.2, 0) is 0 Å². The van der Waals surface area contributed by atoms with Crippen molar-refractivity contribution >= 4 is 39.4 Å². The van der Waals surface area contributed by atoms with Gasteiger partial charge in [-0.1, -0.05) is 0 Å². The highest BCUT2D eigenvalue weighted by Gasteiger charge is 2.34. The first-order valence-electron chi connectivity index (χ1n) is 3.83. The lowest BCUT2D eigenvalue weighted by atomic mass is 10.2. The summed E-state index contributed by atoms with van der Waals surface area (Å²) in [7, 11) is 0. The van der Waals surface area contributed by atoms with Gasteiger partial charge in [-0.15, -0.1) is 13.2 Å². The van der Waals surface area contributed by atoms with Crippen LogP contribution in [0.15, 0.2) is 6.20 Å². The van der Waals surface area contributed by atoms with Crippen LogP contribution in [0.3, 0.4) is 0 Å². The number of nitrogens with zero attached hydrogens (tertiary/aromatic N) is 1. The summed E-state index contributed by atoms with van der Waals surface area (Å²) < 4.78 is 40.1. The monoisotopic (exact) mass is 365 g/mol. The van der Waals surface area contributed by atoms with Crippen molar-refractivity contribution in [3.63, 3.8) is 0 Å². The van der Waals surface area contributed by atoms with Crippen molar-refractivity contribution in [2.45, 2.75) is 13.3 Å². The van der Waals surface area contributed by atoms with Crippen molar-refractivity contribution < 1.29 is 22.7 Å². The van der Waals surface area contributed by atoms with E-state index in [-0.39, 0.29) is 3.57 Å². The van der Waals surface area contributed by atoms with Crippen molar-refractivity contribution in [3.8, 4) is 5.75 Å². The van der Waals surface area contributed by atoms with Crippen molar-refractivity contribution in [2.24, 2.45) is 0 Å². The van der Waals surface area contributed by atoms with Gasteiger partial charge in [-0.25, -0.2) is 4.98 Å². The third-order valence-electron chi connectivity index (χ3n) is 1.55. The molecule has 0 aliphatic rings. The van der Waals surface area contributed by atoms with Gasteiger partial charge in [0.1, 0.15) is 0 Å². The van der Waals surface area contributed by atoms with Crippen molar-refractivity contribution in [1.29, 1.82) is 0 Å². The number of pyridine rings is 1. The van der Waals surface area contributed by atoms with Gasteiger partial charge in [0.15, 0.2) is 11.4 Å². The van der Waals surface area contributed by atoms with Gasteiger partial charge in [-0.3, -0.25) is 4.79 Å². The Labute approximate surface area is 107 Å². The lowest BCUT2D eigenvalue weighted by molar-refractivity contribution is -0.275. The Morgan fingerprint density at radius 3 is 2.56 bits per heavy atom. The average molecular weight is 365 g/mol. The van der Waals surface area contributed by atoms with E-state index >= 15 is 0 Å². The van der Waals surface area contributed by atoms with E-state index in [4.69, 9.17) is 11.6 Å². The van der Waals surface area contributed by atoms with Crippen LogP contribution in [0.2, 0.25) is 0 Å². The van der Waals surface area contributed by atoms with Crippen LogP contribution in [0.25, 0.3) is 0 Å². The normalized spacial score (nSPS) is 11.4. The van der Waals surface area contributed by atoms with E-state index in [2.05, 4.69) is 9.72 Å². The molecule has 0 atom stereocenters. The molecule has 0 saturated carbocycles. The molecule has 1 aromatic heterocycles. The molecule has 0 bridgehead atoms. The van der Waals surface area contributed by atoms with Gasteiger partial charge in [0.05, 0.1) is 3.57 Å². The van der Waals surface area contributed by atoms with E-state index < -0.39 is 23.0 Å². The molecule has 1 rings (SSSR count). The average Bonchev–Trinajstić information content (AvgIpc) is 2.10. The molecule has 3 nitrogen and oxygen atoms in total. The number of aryl methyl sites for hydroxylation is 1. The highest BCUT2D eigenvalue weighted by Crippen LogP contribution is 2.32. The third kappa shape index (κ3) is 3.21. The minimum absolute atomic E-state index is 0.147. The second kappa shape index (κ2) is 4.74. The number of hydrogen-bond acceptors (Lipinski definition) is 3. The van der Waals surface area contributed by atoms with Crippen LogP contribution >= 0.6 is 34.2 Å². The molecule has 1 aromatic rings. The van der Waals surface area contributed by atoms with E-state index in [1.54, 1.807) is 29.5 Å². The second-order valence-corrected chi connectivity index (χ2v) is 4.18. The zero-order valence-corrected chi connectivity index (χ0v) is 10.6. The highest BCUT2D eigenvalue weighted by atomic mass is 127. The van der Waals surface area contributed by atoms with Crippen LogP contribution in [0.4, 0.5) is 13.2 Å². The van der Waals surface area contributed by atoms with Gasteiger partial charge in [0, 0.05) is 6.20 Å². The lowest BCUT2D eigenvalue weighted by Gasteiger charge is -2.13. The topological polar surface area (TPSA) is 39.2 Å². The maximum atomic E-state index is 12.1. The smallest absolute Gasteiger partial charge is 0.402 e. The summed E-state index contributed by atoms with van der Waals surface area (Å²) in [6.07, 6.45) is -3.64. The lowest BCUT2D eigenvalue weighted by Crippen LogP contribution is -2.20. The fourth-order valence-corrected chi connectivity index (χ4v) is 1.55. The zero-order chi connectivity index (χ0) is 12.5. The summed E-state index contributed by atoms with van der Waals surface area (Å²) in [6, 6.07) is 0. The molecule has 88 valence electrons. The van der Waals surface area contributed by atoms with Crippen LogP contribution in [0, 0.1) is 10.5 Å². The summed E-state index contributed by atoms with van der Waals surface area (Å²) in [5.41, 5.74) is -0.0875. The van der Waals surface area contributed by atoms with Crippen LogP contribution < -0.4 is 4.74 Å². The van der Waals surface area contributed by atoms with E-state index in [1.165, 1.54) is 6.20 Å². The Kier molecular flexibility index (Phi) is 4.00. The van der Waals surface area contributed by atoms with Crippen LogP contribution in [-0.4, -0.2) is 16.6 Å². The summed E-state index contributed by atoms with van der Waals surface area (Å²) in [5, 5.41) is -1.10. The minimum atomic E-state index is -4.89. The van der Waals surface area contributed by atoms with Gasteiger partial charge < -0.3 is 4.74 Å². The molecular formula is C8H4ClF3INO2. The third-order valence-corrected chi connectivity index (χ3v) is 3.07.